The number of hydrogen-bond acceptors (Lipinski definition) is 4. The first-order chi connectivity index (χ1) is 9.09. The van der Waals surface area contributed by atoms with Crippen molar-refractivity contribution in [2.45, 2.75) is 13.8 Å². The molecule has 0 amide bonds. The van der Waals surface area contributed by atoms with Gasteiger partial charge in [0.2, 0.25) is 0 Å². The predicted octanol–water partition coefficient (Wildman–Crippen LogP) is 2.80. The van der Waals surface area contributed by atoms with Crippen LogP contribution in [0.3, 0.4) is 0 Å². The standard InChI is InChI=1S/C13H11N3O2S/c1-7-11(13(17)18)8(2)16(15-7)12-9-4-6-19-10(9)3-5-14-12/h3-6H,1-2H3,(H,17,18). The van der Waals surface area contributed by atoms with Crippen molar-refractivity contribution in [1.82, 2.24) is 14.8 Å². The quantitative estimate of drug-likeness (QED) is 0.779. The van der Waals surface area contributed by atoms with E-state index >= 15 is 0 Å². The van der Waals surface area contributed by atoms with Crippen LogP contribution in [0.5, 0.6) is 0 Å². The molecular weight excluding hydrogens is 262 g/mol. The predicted molar refractivity (Wildman–Crippen MR) is 73.2 cm³/mol. The fourth-order valence-corrected chi connectivity index (χ4v) is 2.98. The Morgan fingerprint density at radius 2 is 2.16 bits per heavy atom. The van der Waals surface area contributed by atoms with Crippen LogP contribution in [0.25, 0.3) is 15.9 Å². The molecule has 5 nitrogen and oxygen atoms in total. The molecule has 0 saturated heterocycles. The Morgan fingerprint density at radius 1 is 1.37 bits per heavy atom. The topological polar surface area (TPSA) is 68.0 Å². The zero-order valence-corrected chi connectivity index (χ0v) is 11.2. The van der Waals surface area contributed by atoms with Crippen molar-refractivity contribution in [3.05, 3.63) is 40.7 Å². The summed E-state index contributed by atoms with van der Waals surface area (Å²) in [6.45, 7) is 3.44. The van der Waals surface area contributed by atoms with Gasteiger partial charge >= 0.3 is 5.97 Å². The Balaban J connectivity index is 2.31. The molecular formula is C13H11N3O2S. The zero-order chi connectivity index (χ0) is 13.6. The van der Waals surface area contributed by atoms with Gasteiger partial charge < -0.3 is 5.11 Å². The van der Waals surface area contributed by atoms with Crippen molar-refractivity contribution in [2.75, 3.05) is 0 Å². The fourth-order valence-electron chi connectivity index (χ4n) is 2.21. The van der Waals surface area contributed by atoms with Crippen molar-refractivity contribution in [3.8, 4) is 5.82 Å². The van der Waals surface area contributed by atoms with Gasteiger partial charge in [0.1, 0.15) is 5.56 Å². The molecule has 0 spiro atoms. The number of fused-ring (bicyclic) bond motifs is 1. The maximum Gasteiger partial charge on any atom is 0.339 e. The molecule has 96 valence electrons. The van der Waals surface area contributed by atoms with E-state index in [1.54, 1.807) is 36.1 Å². The number of hydrogen-bond donors (Lipinski definition) is 1. The largest absolute Gasteiger partial charge is 0.478 e. The molecule has 0 unspecified atom stereocenters. The molecule has 0 radical (unpaired) electrons. The van der Waals surface area contributed by atoms with Crippen LogP contribution in [-0.2, 0) is 0 Å². The van der Waals surface area contributed by atoms with E-state index in [4.69, 9.17) is 0 Å². The normalized spacial score (nSPS) is 11.1. The number of carboxylic acid groups (broad SMARTS) is 1. The molecule has 0 aliphatic rings. The van der Waals surface area contributed by atoms with Crippen molar-refractivity contribution < 1.29 is 9.90 Å². The maximum atomic E-state index is 11.2. The van der Waals surface area contributed by atoms with Crippen molar-refractivity contribution >= 4 is 27.4 Å². The SMILES string of the molecule is Cc1nn(-c2nccc3sccc23)c(C)c1C(=O)O. The van der Waals surface area contributed by atoms with Crippen LogP contribution in [0.2, 0.25) is 0 Å². The molecule has 0 aliphatic heterocycles. The number of aryl methyl sites for hydroxylation is 1. The maximum absolute atomic E-state index is 11.2. The molecule has 3 aromatic rings. The van der Waals surface area contributed by atoms with E-state index in [1.807, 2.05) is 17.5 Å². The number of thiophene rings is 1. The van der Waals surface area contributed by atoms with Crippen molar-refractivity contribution in [3.63, 3.8) is 0 Å². The molecule has 0 fully saturated rings. The highest BCUT2D eigenvalue weighted by Crippen LogP contribution is 2.26. The van der Waals surface area contributed by atoms with E-state index in [2.05, 4.69) is 10.1 Å². The molecule has 3 aromatic heterocycles. The first-order valence-corrected chi connectivity index (χ1v) is 6.59. The minimum Gasteiger partial charge on any atom is -0.478 e. The third-order valence-corrected chi connectivity index (χ3v) is 3.95. The monoisotopic (exact) mass is 273 g/mol. The van der Waals surface area contributed by atoms with Gasteiger partial charge in [0, 0.05) is 16.3 Å². The Kier molecular flexibility index (Phi) is 2.60. The van der Waals surface area contributed by atoms with Crippen LogP contribution in [-0.4, -0.2) is 25.8 Å². The Bertz CT molecular complexity index is 788. The third-order valence-electron chi connectivity index (χ3n) is 3.06. The lowest BCUT2D eigenvalue weighted by molar-refractivity contribution is 0.0695. The average molecular weight is 273 g/mol. The van der Waals surface area contributed by atoms with Gasteiger partial charge in [-0.25, -0.2) is 14.5 Å². The number of aromatic nitrogens is 3. The van der Waals surface area contributed by atoms with Gasteiger partial charge in [0.25, 0.3) is 0 Å². The van der Waals surface area contributed by atoms with Gasteiger partial charge in [-0.1, -0.05) is 0 Å². The molecule has 6 heteroatoms. The molecule has 0 bridgehead atoms. The van der Waals surface area contributed by atoms with E-state index < -0.39 is 5.97 Å². The number of nitrogens with zero attached hydrogens (tertiary/aromatic N) is 3. The summed E-state index contributed by atoms with van der Waals surface area (Å²) >= 11 is 1.62. The van der Waals surface area contributed by atoms with E-state index in [9.17, 15) is 9.90 Å². The summed E-state index contributed by atoms with van der Waals surface area (Å²) in [6, 6.07) is 3.91. The second kappa shape index (κ2) is 4.17. The van der Waals surface area contributed by atoms with E-state index in [-0.39, 0.29) is 5.56 Å². The Morgan fingerprint density at radius 3 is 2.84 bits per heavy atom. The lowest BCUT2D eigenvalue weighted by Gasteiger charge is -2.04. The summed E-state index contributed by atoms with van der Waals surface area (Å²) in [5.74, 6) is -0.286. The zero-order valence-electron chi connectivity index (χ0n) is 10.4. The molecule has 19 heavy (non-hydrogen) atoms. The Labute approximate surface area is 113 Å². The number of rotatable bonds is 2. The van der Waals surface area contributed by atoms with Crippen molar-refractivity contribution in [1.29, 1.82) is 0 Å². The third kappa shape index (κ3) is 1.72. The average Bonchev–Trinajstić information content (AvgIpc) is 2.93. The van der Waals surface area contributed by atoms with Gasteiger partial charge in [-0.05, 0) is 31.4 Å². The van der Waals surface area contributed by atoms with Gasteiger partial charge in [0.05, 0.1) is 11.4 Å². The summed E-state index contributed by atoms with van der Waals surface area (Å²) in [7, 11) is 0. The summed E-state index contributed by atoms with van der Waals surface area (Å²) in [5.41, 5.74) is 1.34. The number of carboxylic acids is 1. The van der Waals surface area contributed by atoms with E-state index in [0.717, 1.165) is 10.1 Å². The summed E-state index contributed by atoms with van der Waals surface area (Å²) in [6.07, 6.45) is 1.71. The van der Waals surface area contributed by atoms with Crippen LogP contribution in [0.1, 0.15) is 21.7 Å². The molecule has 3 rings (SSSR count). The highest BCUT2D eigenvalue weighted by atomic mass is 32.1. The van der Waals surface area contributed by atoms with Gasteiger partial charge in [-0.2, -0.15) is 5.10 Å². The highest BCUT2D eigenvalue weighted by Gasteiger charge is 2.20. The lowest BCUT2D eigenvalue weighted by atomic mass is 10.2. The first kappa shape index (κ1) is 11.9. The number of aromatic carboxylic acids is 1. The molecule has 1 N–H and O–H groups in total. The van der Waals surface area contributed by atoms with Crippen LogP contribution in [0.15, 0.2) is 23.7 Å². The Hall–Kier alpha value is -2.21. The second-order valence-corrected chi connectivity index (χ2v) is 5.18. The van der Waals surface area contributed by atoms with Crippen LogP contribution >= 0.6 is 11.3 Å². The van der Waals surface area contributed by atoms with Gasteiger partial charge in [-0.15, -0.1) is 11.3 Å². The summed E-state index contributed by atoms with van der Waals surface area (Å²) < 4.78 is 2.71. The summed E-state index contributed by atoms with van der Waals surface area (Å²) in [5, 5.41) is 16.5. The summed E-state index contributed by atoms with van der Waals surface area (Å²) in [4.78, 5) is 15.6. The molecule has 0 aliphatic carbocycles. The van der Waals surface area contributed by atoms with E-state index in [1.165, 1.54) is 0 Å². The van der Waals surface area contributed by atoms with Crippen LogP contribution in [0, 0.1) is 13.8 Å². The minimum atomic E-state index is -0.959. The molecule has 0 saturated carbocycles. The minimum absolute atomic E-state index is 0.244. The van der Waals surface area contributed by atoms with Crippen molar-refractivity contribution in [2.24, 2.45) is 0 Å². The number of carbonyl (C=O) groups is 1. The van der Waals surface area contributed by atoms with Crippen LogP contribution in [0.4, 0.5) is 0 Å². The molecule has 0 atom stereocenters. The fraction of sp³-hybridized carbons (Fsp3) is 0.154. The smallest absolute Gasteiger partial charge is 0.339 e. The highest BCUT2D eigenvalue weighted by molar-refractivity contribution is 7.17. The van der Waals surface area contributed by atoms with Crippen LogP contribution < -0.4 is 0 Å². The first-order valence-electron chi connectivity index (χ1n) is 5.71. The van der Waals surface area contributed by atoms with Gasteiger partial charge in [0.15, 0.2) is 5.82 Å². The second-order valence-electron chi connectivity index (χ2n) is 4.23. The lowest BCUT2D eigenvalue weighted by Crippen LogP contribution is -2.04. The van der Waals surface area contributed by atoms with Gasteiger partial charge in [-0.3, -0.25) is 0 Å². The van der Waals surface area contributed by atoms with E-state index in [0.29, 0.717) is 17.2 Å². The number of pyridine rings is 1. The molecule has 0 aromatic carbocycles. The molecule has 3 heterocycles.